The van der Waals surface area contributed by atoms with Gasteiger partial charge in [-0.05, 0) is 24.1 Å². The summed E-state index contributed by atoms with van der Waals surface area (Å²) in [6.07, 6.45) is 0.279. The molecule has 66 valence electrons. The molecule has 0 amide bonds. The molecule has 2 nitrogen and oxygen atoms in total. The maximum Gasteiger partial charge on any atom is 0.181 e. The van der Waals surface area contributed by atoms with Crippen molar-refractivity contribution in [3.05, 3.63) is 29.3 Å². The number of benzene rings is 1. The Hall–Kier alpha value is -1.16. The van der Waals surface area contributed by atoms with Gasteiger partial charge in [0.15, 0.2) is 11.6 Å². The van der Waals surface area contributed by atoms with Gasteiger partial charge in [0.2, 0.25) is 0 Å². The molecule has 0 aliphatic rings. The van der Waals surface area contributed by atoms with Gasteiger partial charge < -0.3 is 10.8 Å². The van der Waals surface area contributed by atoms with Gasteiger partial charge in [-0.2, -0.15) is 0 Å². The molecule has 0 aromatic heterocycles. The highest BCUT2D eigenvalue weighted by Crippen LogP contribution is 2.16. The van der Waals surface area contributed by atoms with Gasteiger partial charge in [-0.15, -0.1) is 0 Å². The molecule has 12 heavy (non-hydrogen) atoms. The molecule has 0 radical (unpaired) electrons. The standard InChI is InChI=1S/C8H9F2NO/c9-6-3-5(1-2-12)4-7(11)8(6)10/h3-4,12H,1-2,11H2. The van der Waals surface area contributed by atoms with E-state index in [0.717, 1.165) is 6.07 Å². The third-order valence-corrected chi connectivity index (χ3v) is 1.52. The van der Waals surface area contributed by atoms with Crippen molar-refractivity contribution in [2.24, 2.45) is 0 Å². The second kappa shape index (κ2) is 3.49. The minimum atomic E-state index is -1.03. The Bertz CT molecular complexity index is 265. The van der Waals surface area contributed by atoms with E-state index in [4.69, 9.17) is 10.8 Å². The predicted molar refractivity (Wildman–Crippen MR) is 41.6 cm³/mol. The largest absolute Gasteiger partial charge is 0.396 e. The Morgan fingerprint density at radius 2 is 2.00 bits per heavy atom. The first-order chi connectivity index (χ1) is 5.65. The van der Waals surface area contributed by atoms with Crippen LogP contribution in [0.2, 0.25) is 0 Å². The van der Waals surface area contributed by atoms with Crippen molar-refractivity contribution in [1.29, 1.82) is 0 Å². The lowest BCUT2D eigenvalue weighted by Gasteiger charge is -2.02. The molecule has 0 atom stereocenters. The zero-order chi connectivity index (χ0) is 9.14. The van der Waals surface area contributed by atoms with E-state index >= 15 is 0 Å². The zero-order valence-corrected chi connectivity index (χ0v) is 6.35. The highest BCUT2D eigenvalue weighted by atomic mass is 19.2. The lowest BCUT2D eigenvalue weighted by Crippen LogP contribution is -1.99. The van der Waals surface area contributed by atoms with Crippen molar-refractivity contribution in [3.63, 3.8) is 0 Å². The van der Waals surface area contributed by atoms with Gasteiger partial charge in [0.05, 0.1) is 5.69 Å². The summed E-state index contributed by atoms with van der Waals surface area (Å²) in [5.41, 5.74) is 5.43. The van der Waals surface area contributed by atoms with Gasteiger partial charge >= 0.3 is 0 Å². The van der Waals surface area contributed by atoms with Crippen molar-refractivity contribution in [2.75, 3.05) is 12.3 Å². The molecule has 0 saturated carbocycles. The highest BCUT2D eigenvalue weighted by molar-refractivity contribution is 5.43. The minimum Gasteiger partial charge on any atom is -0.396 e. The number of rotatable bonds is 2. The average Bonchev–Trinajstić information content (AvgIpc) is 2.01. The summed E-state index contributed by atoms with van der Waals surface area (Å²) in [6.45, 7) is -0.107. The van der Waals surface area contributed by atoms with Crippen LogP contribution in [0.4, 0.5) is 14.5 Å². The van der Waals surface area contributed by atoms with E-state index in [-0.39, 0.29) is 18.7 Å². The molecule has 1 aromatic carbocycles. The summed E-state index contributed by atoms with van der Waals surface area (Å²) in [6, 6.07) is 2.34. The van der Waals surface area contributed by atoms with Gasteiger partial charge in [-0.3, -0.25) is 0 Å². The first-order valence-corrected chi connectivity index (χ1v) is 3.49. The normalized spacial score (nSPS) is 10.2. The van der Waals surface area contributed by atoms with Crippen LogP contribution in [0.3, 0.4) is 0 Å². The second-order valence-corrected chi connectivity index (χ2v) is 2.45. The maximum absolute atomic E-state index is 12.6. The van der Waals surface area contributed by atoms with Gasteiger partial charge in [0.25, 0.3) is 0 Å². The Morgan fingerprint density at radius 1 is 1.33 bits per heavy atom. The second-order valence-electron chi connectivity index (χ2n) is 2.45. The van der Waals surface area contributed by atoms with E-state index in [9.17, 15) is 8.78 Å². The van der Waals surface area contributed by atoms with E-state index < -0.39 is 11.6 Å². The fraction of sp³-hybridized carbons (Fsp3) is 0.250. The smallest absolute Gasteiger partial charge is 0.181 e. The third-order valence-electron chi connectivity index (χ3n) is 1.52. The monoisotopic (exact) mass is 173 g/mol. The number of anilines is 1. The summed E-state index contributed by atoms with van der Waals surface area (Å²) < 4.78 is 25.2. The molecule has 0 bridgehead atoms. The minimum absolute atomic E-state index is 0.107. The van der Waals surface area contributed by atoms with E-state index in [0.29, 0.717) is 5.56 Å². The van der Waals surface area contributed by atoms with Gasteiger partial charge in [0, 0.05) is 6.61 Å². The summed E-state index contributed by atoms with van der Waals surface area (Å²) in [7, 11) is 0. The Balaban J connectivity index is 3.04. The number of halogens is 2. The number of aliphatic hydroxyl groups excluding tert-OH is 1. The molecular formula is C8H9F2NO. The van der Waals surface area contributed by atoms with E-state index in [2.05, 4.69) is 0 Å². The SMILES string of the molecule is Nc1cc(CCO)cc(F)c1F. The maximum atomic E-state index is 12.6. The van der Waals surface area contributed by atoms with Crippen molar-refractivity contribution in [1.82, 2.24) is 0 Å². The lowest BCUT2D eigenvalue weighted by atomic mass is 10.1. The average molecular weight is 173 g/mol. The van der Waals surface area contributed by atoms with Crippen LogP contribution >= 0.6 is 0 Å². The fourth-order valence-electron chi connectivity index (χ4n) is 0.942. The number of aliphatic hydroxyl groups is 1. The number of hydrogen-bond acceptors (Lipinski definition) is 2. The number of nitrogen functional groups attached to an aromatic ring is 1. The number of nitrogens with two attached hydrogens (primary N) is 1. The Labute approximate surface area is 68.6 Å². The predicted octanol–water partition coefficient (Wildman–Crippen LogP) is 1.08. The summed E-state index contributed by atoms with van der Waals surface area (Å²) in [4.78, 5) is 0. The molecule has 3 N–H and O–H groups in total. The van der Waals surface area contributed by atoms with E-state index in [1.165, 1.54) is 6.07 Å². The van der Waals surface area contributed by atoms with Crippen LogP contribution in [0.25, 0.3) is 0 Å². The molecule has 0 saturated heterocycles. The lowest BCUT2D eigenvalue weighted by molar-refractivity contribution is 0.299. The molecule has 0 aliphatic heterocycles. The quantitative estimate of drug-likeness (QED) is 0.657. The molecule has 0 spiro atoms. The van der Waals surface area contributed by atoms with Crippen LogP contribution in [-0.2, 0) is 6.42 Å². The molecule has 0 fully saturated rings. The topological polar surface area (TPSA) is 46.2 Å². The van der Waals surface area contributed by atoms with E-state index in [1.807, 2.05) is 0 Å². The highest BCUT2D eigenvalue weighted by Gasteiger charge is 2.07. The molecule has 0 heterocycles. The van der Waals surface area contributed by atoms with Crippen molar-refractivity contribution in [2.45, 2.75) is 6.42 Å². The summed E-state index contributed by atoms with van der Waals surface area (Å²) in [5.74, 6) is -2.00. The zero-order valence-electron chi connectivity index (χ0n) is 6.35. The first-order valence-electron chi connectivity index (χ1n) is 3.49. The van der Waals surface area contributed by atoms with Crippen molar-refractivity contribution < 1.29 is 13.9 Å². The van der Waals surface area contributed by atoms with Crippen LogP contribution < -0.4 is 5.73 Å². The van der Waals surface area contributed by atoms with Crippen LogP contribution in [0, 0.1) is 11.6 Å². The molecule has 4 heteroatoms. The van der Waals surface area contributed by atoms with Gasteiger partial charge in [-0.1, -0.05) is 0 Å². The molecule has 1 aromatic rings. The molecule has 0 aliphatic carbocycles. The number of hydrogen-bond donors (Lipinski definition) is 2. The summed E-state index contributed by atoms with van der Waals surface area (Å²) in [5, 5.41) is 8.51. The van der Waals surface area contributed by atoms with Gasteiger partial charge in [-0.25, -0.2) is 8.78 Å². The van der Waals surface area contributed by atoms with Crippen LogP contribution in [0.15, 0.2) is 12.1 Å². The van der Waals surface area contributed by atoms with E-state index in [1.54, 1.807) is 0 Å². The van der Waals surface area contributed by atoms with Crippen LogP contribution in [0.5, 0.6) is 0 Å². The Morgan fingerprint density at radius 3 is 2.50 bits per heavy atom. The Kier molecular flexibility index (Phi) is 2.60. The summed E-state index contributed by atoms with van der Waals surface area (Å²) >= 11 is 0. The molecule has 1 rings (SSSR count). The van der Waals surface area contributed by atoms with Crippen molar-refractivity contribution >= 4 is 5.69 Å². The third kappa shape index (κ3) is 1.71. The fourth-order valence-corrected chi connectivity index (χ4v) is 0.942. The molecular weight excluding hydrogens is 164 g/mol. The molecule has 0 unspecified atom stereocenters. The van der Waals surface area contributed by atoms with Crippen molar-refractivity contribution in [3.8, 4) is 0 Å². The first kappa shape index (κ1) is 8.93. The van der Waals surface area contributed by atoms with Crippen LogP contribution in [0.1, 0.15) is 5.56 Å². The van der Waals surface area contributed by atoms with Crippen LogP contribution in [-0.4, -0.2) is 11.7 Å². The van der Waals surface area contributed by atoms with Gasteiger partial charge in [0.1, 0.15) is 0 Å².